The van der Waals surface area contributed by atoms with Crippen LogP contribution in [0, 0.1) is 11.8 Å². The molecule has 0 saturated heterocycles. The summed E-state index contributed by atoms with van der Waals surface area (Å²) in [5.41, 5.74) is 2.55. The number of benzene rings is 2. The van der Waals surface area contributed by atoms with Crippen LogP contribution in [-0.4, -0.2) is 49.6 Å². The Labute approximate surface area is 204 Å². The first-order valence-corrected chi connectivity index (χ1v) is 12.2. The molecule has 1 N–H and O–H groups in total. The molecule has 3 heterocycles. The zero-order valence-electron chi connectivity index (χ0n) is 18.8. The molecule has 176 valence electrons. The fourth-order valence-electron chi connectivity index (χ4n) is 4.54. The Kier molecular flexibility index (Phi) is 5.18. The van der Waals surface area contributed by atoms with Crippen molar-refractivity contribution in [1.82, 2.24) is 20.2 Å². The van der Waals surface area contributed by atoms with Crippen LogP contribution in [0.3, 0.4) is 0 Å². The maximum Gasteiger partial charge on any atom is 0.335 e. The van der Waals surface area contributed by atoms with Gasteiger partial charge in [-0.15, -0.1) is 11.3 Å². The second kappa shape index (κ2) is 8.38. The number of aromatic nitrogens is 4. The summed E-state index contributed by atoms with van der Waals surface area (Å²) >= 11 is 1.58. The minimum atomic E-state index is -0.982. The van der Waals surface area contributed by atoms with Gasteiger partial charge in [-0.3, -0.25) is 4.79 Å². The molecule has 6 rings (SSSR count). The first kappa shape index (κ1) is 21.6. The Morgan fingerprint density at radius 2 is 1.91 bits per heavy atom. The van der Waals surface area contributed by atoms with Gasteiger partial charge in [0.15, 0.2) is 0 Å². The van der Waals surface area contributed by atoms with Crippen molar-refractivity contribution in [3.63, 3.8) is 0 Å². The summed E-state index contributed by atoms with van der Waals surface area (Å²) in [6, 6.07) is 14.2. The summed E-state index contributed by atoms with van der Waals surface area (Å²) in [5, 5.41) is 22.4. The zero-order valence-corrected chi connectivity index (χ0v) is 19.6. The molecule has 4 aromatic rings. The average Bonchev–Trinajstić information content (AvgIpc) is 3.44. The van der Waals surface area contributed by atoms with Gasteiger partial charge in [-0.2, -0.15) is 0 Å². The molecular formula is C25H21N5O4S. The van der Waals surface area contributed by atoms with Gasteiger partial charge in [0.2, 0.25) is 0 Å². The van der Waals surface area contributed by atoms with Gasteiger partial charge in [0.1, 0.15) is 12.0 Å². The fourth-order valence-corrected chi connectivity index (χ4v) is 5.79. The number of carboxylic acid groups (broad SMARTS) is 1. The molecule has 1 aliphatic heterocycles. The maximum atomic E-state index is 13.4. The fraction of sp³-hybridized carbons (Fsp3) is 0.280. The molecule has 2 atom stereocenters. The third-order valence-corrected chi connectivity index (χ3v) is 7.75. The van der Waals surface area contributed by atoms with Crippen molar-refractivity contribution in [1.29, 1.82) is 0 Å². The summed E-state index contributed by atoms with van der Waals surface area (Å²) in [4.78, 5) is 30.3. The highest BCUT2D eigenvalue weighted by atomic mass is 32.1. The largest absolute Gasteiger partial charge is 0.478 e. The quantitative estimate of drug-likeness (QED) is 0.397. The van der Waals surface area contributed by atoms with Crippen LogP contribution in [0.25, 0.3) is 20.5 Å². The van der Waals surface area contributed by atoms with Gasteiger partial charge < -0.3 is 9.84 Å². The Bertz CT molecular complexity index is 1490. The third kappa shape index (κ3) is 3.79. The van der Waals surface area contributed by atoms with E-state index in [-0.39, 0.29) is 11.5 Å². The maximum absolute atomic E-state index is 13.4. The van der Waals surface area contributed by atoms with E-state index in [9.17, 15) is 14.7 Å². The van der Waals surface area contributed by atoms with E-state index in [0.29, 0.717) is 24.2 Å². The number of tetrazole rings is 1. The predicted molar refractivity (Wildman–Crippen MR) is 130 cm³/mol. The summed E-state index contributed by atoms with van der Waals surface area (Å²) in [6.07, 6.45) is 2.16. The van der Waals surface area contributed by atoms with E-state index in [4.69, 9.17) is 4.74 Å². The van der Waals surface area contributed by atoms with Crippen LogP contribution in [0.5, 0.6) is 0 Å². The van der Waals surface area contributed by atoms with E-state index < -0.39 is 17.9 Å². The van der Waals surface area contributed by atoms with Crippen molar-refractivity contribution in [3.05, 3.63) is 59.7 Å². The van der Waals surface area contributed by atoms with E-state index in [1.165, 1.54) is 0 Å². The number of hydrogen-bond acceptors (Lipinski definition) is 8. The van der Waals surface area contributed by atoms with E-state index in [2.05, 4.69) is 20.5 Å². The van der Waals surface area contributed by atoms with E-state index in [1.807, 2.05) is 31.2 Å². The molecule has 2 aliphatic rings. The Hall–Kier alpha value is -3.92. The number of thiophene rings is 1. The number of hydrogen-bond donors (Lipinski definition) is 1. The lowest BCUT2D eigenvalue weighted by atomic mass is 9.86. The first-order chi connectivity index (χ1) is 17.0. The molecule has 0 radical (unpaired) electrons. The number of carbonyl (C=O) groups excluding carboxylic acids is 1. The topological polar surface area (TPSA) is 120 Å². The van der Waals surface area contributed by atoms with Crippen LogP contribution < -0.4 is 0 Å². The number of ether oxygens (including phenoxy) is 1. The van der Waals surface area contributed by atoms with Crippen LogP contribution in [0.2, 0.25) is 0 Å². The zero-order chi connectivity index (χ0) is 24.1. The number of carbonyl (C=O) groups is 2. The molecule has 2 aromatic heterocycles. The van der Waals surface area contributed by atoms with Crippen LogP contribution in [0.4, 0.5) is 5.95 Å². The van der Waals surface area contributed by atoms with Gasteiger partial charge in [-0.05, 0) is 65.3 Å². The highest BCUT2D eigenvalue weighted by Gasteiger charge is 2.43. The highest BCUT2D eigenvalue weighted by molar-refractivity contribution is 7.22. The van der Waals surface area contributed by atoms with Gasteiger partial charge in [-0.1, -0.05) is 35.4 Å². The molecule has 0 spiro atoms. The van der Waals surface area contributed by atoms with Crippen molar-refractivity contribution in [2.75, 3.05) is 6.61 Å². The normalized spacial score (nSPS) is 19.3. The number of fused-ring (bicyclic) bond motifs is 2. The number of aromatic carboxylic acids is 1. The predicted octanol–water partition coefficient (Wildman–Crippen LogP) is 4.52. The Morgan fingerprint density at radius 1 is 1.14 bits per heavy atom. The van der Waals surface area contributed by atoms with Gasteiger partial charge in [0.05, 0.1) is 12.2 Å². The molecular weight excluding hydrogens is 466 g/mol. The lowest BCUT2D eigenvalue weighted by molar-refractivity contribution is -0.147. The number of esters is 1. The van der Waals surface area contributed by atoms with Crippen molar-refractivity contribution >= 4 is 45.0 Å². The number of aliphatic imine (C=N–C) groups is 1. The summed E-state index contributed by atoms with van der Waals surface area (Å²) in [6.45, 7) is 2.22. The van der Waals surface area contributed by atoms with E-state index in [0.717, 1.165) is 38.9 Å². The highest BCUT2D eigenvalue weighted by Crippen LogP contribution is 2.47. The standard InChI is InChI=1S/C25H21N5O4S/c1-13-19(24(33)34-12-14-6-7-14)21(30-25(26-13)27-28-29-30)20-17-4-2-3-5-18(17)35-22(20)15-8-10-16(11-9-15)23(31)32/h2-5,8-11,14,19,21H,6-7,12H2,1H3,(H,31,32). The van der Waals surface area contributed by atoms with E-state index in [1.54, 1.807) is 40.3 Å². The van der Waals surface area contributed by atoms with Gasteiger partial charge in [0, 0.05) is 20.9 Å². The number of nitrogens with zero attached hydrogens (tertiary/aromatic N) is 5. The van der Waals surface area contributed by atoms with E-state index >= 15 is 0 Å². The van der Waals surface area contributed by atoms with Crippen LogP contribution in [0.1, 0.15) is 41.7 Å². The molecule has 2 unspecified atom stereocenters. The molecule has 1 fully saturated rings. The number of carboxylic acids is 1. The number of rotatable bonds is 6. The summed E-state index contributed by atoms with van der Waals surface area (Å²) in [5.74, 6) is -1.25. The lowest BCUT2D eigenvalue weighted by Gasteiger charge is -2.29. The minimum Gasteiger partial charge on any atom is -0.478 e. The average molecular weight is 488 g/mol. The molecule has 1 saturated carbocycles. The monoisotopic (exact) mass is 487 g/mol. The van der Waals surface area contributed by atoms with Crippen molar-refractivity contribution in [2.45, 2.75) is 25.8 Å². The molecule has 1 aliphatic carbocycles. The van der Waals surface area contributed by atoms with Crippen LogP contribution >= 0.6 is 11.3 Å². The van der Waals surface area contributed by atoms with Gasteiger partial charge in [-0.25, -0.2) is 14.5 Å². The molecule has 10 heteroatoms. The molecule has 35 heavy (non-hydrogen) atoms. The van der Waals surface area contributed by atoms with Crippen LogP contribution in [0.15, 0.2) is 53.5 Å². The summed E-state index contributed by atoms with van der Waals surface area (Å²) in [7, 11) is 0. The first-order valence-electron chi connectivity index (χ1n) is 11.4. The SMILES string of the molecule is CC1=Nc2nnnn2C(c2c(-c3ccc(C(=O)O)cc3)sc3ccccc23)C1C(=O)OCC1CC1. The minimum absolute atomic E-state index is 0.210. The van der Waals surface area contributed by atoms with Crippen molar-refractivity contribution < 1.29 is 19.4 Å². The Balaban J connectivity index is 1.54. The smallest absolute Gasteiger partial charge is 0.335 e. The second-order valence-electron chi connectivity index (χ2n) is 8.90. The molecule has 0 amide bonds. The van der Waals surface area contributed by atoms with Crippen molar-refractivity contribution in [2.24, 2.45) is 16.8 Å². The molecule has 0 bridgehead atoms. The van der Waals surface area contributed by atoms with Crippen LogP contribution in [-0.2, 0) is 9.53 Å². The Morgan fingerprint density at radius 3 is 2.66 bits per heavy atom. The molecule has 9 nitrogen and oxygen atoms in total. The third-order valence-electron chi connectivity index (χ3n) is 6.52. The second-order valence-corrected chi connectivity index (χ2v) is 9.95. The summed E-state index contributed by atoms with van der Waals surface area (Å²) < 4.78 is 8.37. The molecule has 2 aromatic carbocycles. The van der Waals surface area contributed by atoms with Gasteiger partial charge >= 0.3 is 11.9 Å². The van der Waals surface area contributed by atoms with Gasteiger partial charge in [0.25, 0.3) is 5.95 Å². The van der Waals surface area contributed by atoms with Crippen molar-refractivity contribution in [3.8, 4) is 10.4 Å². The lowest BCUT2D eigenvalue weighted by Crippen LogP contribution is -2.37.